The molecule has 34 heavy (non-hydrogen) atoms. The summed E-state index contributed by atoms with van der Waals surface area (Å²) in [5.74, 6) is 3.25. The van der Waals surface area contributed by atoms with Gasteiger partial charge in [-0.25, -0.2) is 4.39 Å². The zero-order chi connectivity index (χ0) is 24.5. The van der Waals surface area contributed by atoms with E-state index in [1.807, 2.05) is 12.1 Å². The Labute approximate surface area is 215 Å². The van der Waals surface area contributed by atoms with Crippen molar-refractivity contribution in [2.75, 3.05) is 5.75 Å². The fourth-order valence-electron chi connectivity index (χ4n) is 7.06. The lowest BCUT2D eigenvalue weighted by Gasteiger charge is -2.58. The quantitative estimate of drug-likeness (QED) is 0.218. The first-order valence-electron chi connectivity index (χ1n) is 13.3. The zero-order valence-electron chi connectivity index (χ0n) is 21.7. The van der Waals surface area contributed by atoms with Crippen LogP contribution >= 0.6 is 12.6 Å². The smallest absolute Gasteiger partial charge is 0.142 e. The van der Waals surface area contributed by atoms with Crippen molar-refractivity contribution in [2.45, 2.75) is 106 Å². The molecule has 1 aromatic carbocycles. The summed E-state index contributed by atoms with van der Waals surface area (Å²) in [5, 5.41) is 0. The monoisotopic (exact) mass is 490 g/mol. The highest BCUT2D eigenvalue weighted by Crippen LogP contribution is 2.62. The molecule has 0 saturated heterocycles. The molecule has 1 nitrogen and oxygen atoms in total. The first-order valence-corrected chi connectivity index (χ1v) is 13.9. The van der Waals surface area contributed by atoms with Crippen molar-refractivity contribution >= 4 is 18.9 Å². The van der Waals surface area contributed by atoms with Crippen molar-refractivity contribution in [2.24, 2.45) is 28.6 Å². The van der Waals surface area contributed by atoms with E-state index in [1.54, 1.807) is 12.1 Å². The molecule has 5 atom stereocenters. The van der Waals surface area contributed by atoms with Gasteiger partial charge in [-0.05, 0) is 103 Å². The van der Waals surface area contributed by atoms with Gasteiger partial charge in [-0.2, -0.15) is 12.6 Å². The number of hydrogen-bond donors (Lipinski definition) is 1. The second-order valence-electron chi connectivity index (χ2n) is 10.8. The first kappa shape index (κ1) is 30.9. The summed E-state index contributed by atoms with van der Waals surface area (Å²) in [6, 6.07) is 6.76. The summed E-state index contributed by atoms with van der Waals surface area (Å²) in [4.78, 5) is 11.2. The Balaban J connectivity index is 0.000000442. The predicted octanol–water partition coefficient (Wildman–Crippen LogP) is 9.50. The van der Waals surface area contributed by atoms with Crippen molar-refractivity contribution < 1.29 is 9.18 Å². The second-order valence-corrected chi connectivity index (χ2v) is 11.3. The lowest BCUT2D eigenvalue weighted by Crippen LogP contribution is -2.50. The molecular weight excluding hydrogens is 439 g/mol. The average molecular weight is 491 g/mol. The first-order chi connectivity index (χ1) is 15.8. The maximum Gasteiger partial charge on any atom is 0.142 e. The van der Waals surface area contributed by atoms with E-state index in [9.17, 15) is 9.18 Å². The molecule has 5 unspecified atom stereocenters. The standard InChI is InChI=1S/C21H36OS.C9H11F.CH4/c1-5-12-21(4)16(10-14-22)7-8-17-18(11-15-23)20(3,6-2)13-9-19(17)21;1-2-4-8-5-3-6-9(10)7-8;/h10,14,17-19,23H,5-9,11-13,15H2,1-4H3;3,5-7H,2,4H2,1H3;1H4/b16-10-;;. The van der Waals surface area contributed by atoms with Crippen LogP contribution in [0.4, 0.5) is 4.39 Å². The van der Waals surface area contributed by atoms with E-state index in [2.05, 4.69) is 47.2 Å². The topological polar surface area (TPSA) is 17.1 Å². The fraction of sp³-hybridized carbons (Fsp3) is 0.710. The number of fused-ring (bicyclic) bond motifs is 1. The molecule has 3 rings (SSSR count). The maximum absolute atomic E-state index is 12.5. The van der Waals surface area contributed by atoms with Crippen molar-refractivity contribution in [1.82, 2.24) is 0 Å². The summed E-state index contributed by atoms with van der Waals surface area (Å²) in [5.41, 5.74) is 3.24. The molecule has 0 heterocycles. The van der Waals surface area contributed by atoms with Gasteiger partial charge in [0, 0.05) is 0 Å². The van der Waals surface area contributed by atoms with Gasteiger partial charge in [0.1, 0.15) is 12.1 Å². The van der Waals surface area contributed by atoms with Crippen LogP contribution in [0, 0.1) is 34.4 Å². The number of benzene rings is 1. The number of allylic oxidation sites excluding steroid dienone is 2. The zero-order valence-corrected chi connectivity index (χ0v) is 22.6. The van der Waals surface area contributed by atoms with Crippen LogP contribution in [-0.2, 0) is 11.2 Å². The third-order valence-corrected chi connectivity index (χ3v) is 9.23. The van der Waals surface area contributed by atoms with E-state index in [4.69, 9.17) is 0 Å². The molecule has 2 fully saturated rings. The molecule has 0 N–H and O–H groups in total. The van der Waals surface area contributed by atoms with E-state index in [-0.39, 0.29) is 18.7 Å². The average Bonchev–Trinajstić information content (AvgIpc) is 2.79. The minimum absolute atomic E-state index is 0. The summed E-state index contributed by atoms with van der Waals surface area (Å²) in [7, 11) is 0. The number of carbonyl (C=O) groups excluding carboxylic acids is 1. The fourth-order valence-corrected chi connectivity index (χ4v) is 7.34. The molecule has 3 heteroatoms. The molecule has 0 aliphatic heterocycles. The van der Waals surface area contributed by atoms with Crippen LogP contribution in [-0.4, -0.2) is 12.0 Å². The Kier molecular flexibility index (Phi) is 13.2. The van der Waals surface area contributed by atoms with Gasteiger partial charge >= 0.3 is 0 Å². The summed E-state index contributed by atoms with van der Waals surface area (Å²) in [6.07, 6.45) is 15.0. The number of hydrogen-bond acceptors (Lipinski definition) is 2. The molecule has 2 saturated carbocycles. The Hall–Kier alpha value is -1.09. The SMILES string of the molecule is C.CCCC1(C)/C(=C\C=O)CCC2C(CCS)C(C)(CC)CCC21.CCCc1cccc(F)c1. The van der Waals surface area contributed by atoms with Crippen LogP contribution in [0.2, 0.25) is 0 Å². The van der Waals surface area contributed by atoms with E-state index in [0.29, 0.717) is 5.41 Å². The van der Waals surface area contributed by atoms with Crippen molar-refractivity contribution in [1.29, 1.82) is 0 Å². The normalized spacial score (nSPS) is 31.6. The molecular formula is C31H51FOS. The van der Waals surface area contributed by atoms with E-state index >= 15 is 0 Å². The Morgan fingerprint density at radius 3 is 2.44 bits per heavy atom. The lowest BCUT2D eigenvalue weighted by molar-refractivity contribution is -0.104. The van der Waals surface area contributed by atoms with Gasteiger partial charge in [0.05, 0.1) is 0 Å². The largest absolute Gasteiger partial charge is 0.299 e. The highest BCUT2D eigenvalue weighted by molar-refractivity contribution is 7.80. The summed E-state index contributed by atoms with van der Waals surface area (Å²) in [6.45, 7) is 11.7. The number of rotatable bonds is 8. The molecule has 0 amide bonds. The van der Waals surface area contributed by atoms with Crippen LogP contribution in [0.5, 0.6) is 0 Å². The molecule has 0 aromatic heterocycles. The molecule has 0 radical (unpaired) electrons. The number of carbonyl (C=O) groups is 1. The van der Waals surface area contributed by atoms with E-state index in [0.717, 1.165) is 54.6 Å². The van der Waals surface area contributed by atoms with Crippen molar-refractivity contribution in [3.8, 4) is 0 Å². The van der Waals surface area contributed by atoms with Gasteiger partial charge in [0.2, 0.25) is 0 Å². The van der Waals surface area contributed by atoms with Crippen LogP contribution in [0.15, 0.2) is 35.9 Å². The number of aldehydes is 1. The maximum atomic E-state index is 12.5. The van der Waals surface area contributed by atoms with Crippen LogP contribution < -0.4 is 0 Å². The van der Waals surface area contributed by atoms with Gasteiger partial charge in [-0.1, -0.05) is 79.0 Å². The molecule has 1 aromatic rings. The van der Waals surface area contributed by atoms with Crippen LogP contribution in [0.1, 0.15) is 105 Å². The second kappa shape index (κ2) is 14.5. The molecule has 0 spiro atoms. The molecule has 194 valence electrons. The lowest BCUT2D eigenvalue weighted by atomic mass is 9.47. The predicted molar refractivity (Wildman–Crippen MR) is 150 cm³/mol. The minimum atomic E-state index is -0.133. The highest BCUT2D eigenvalue weighted by Gasteiger charge is 2.53. The van der Waals surface area contributed by atoms with Crippen LogP contribution in [0.25, 0.3) is 0 Å². The summed E-state index contributed by atoms with van der Waals surface area (Å²) < 4.78 is 12.5. The van der Waals surface area contributed by atoms with Gasteiger partial charge in [-0.3, -0.25) is 4.79 Å². The van der Waals surface area contributed by atoms with Crippen molar-refractivity contribution in [3.05, 3.63) is 47.3 Å². The number of thiol groups is 1. The van der Waals surface area contributed by atoms with Crippen molar-refractivity contribution in [3.63, 3.8) is 0 Å². The molecule has 0 bridgehead atoms. The highest BCUT2D eigenvalue weighted by atomic mass is 32.1. The van der Waals surface area contributed by atoms with Gasteiger partial charge in [-0.15, -0.1) is 0 Å². The minimum Gasteiger partial charge on any atom is -0.299 e. The Morgan fingerprint density at radius 2 is 1.88 bits per heavy atom. The third kappa shape index (κ3) is 7.21. The third-order valence-electron chi connectivity index (χ3n) is 8.97. The number of aryl methyl sites for hydroxylation is 1. The van der Waals surface area contributed by atoms with Gasteiger partial charge in [0.25, 0.3) is 0 Å². The number of halogens is 1. The Morgan fingerprint density at radius 1 is 1.15 bits per heavy atom. The van der Waals surface area contributed by atoms with Gasteiger partial charge < -0.3 is 0 Å². The molecule has 2 aliphatic rings. The molecule has 2 aliphatic carbocycles. The Bertz CT molecular complexity index is 774. The summed E-state index contributed by atoms with van der Waals surface area (Å²) >= 11 is 4.58. The van der Waals surface area contributed by atoms with E-state index in [1.165, 1.54) is 56.6 Å². The van der Waals surface area contributed by atoms with Gasteiger partial charge in [0.15, 0.2) is 0 Å². The van der Waals surface area contributed by atoms with Crippen LogP contribution in [0.3, 0.4) is 0 Å². The van der Waals surface area contributed by atoms with E-state index < -0.39 is 0 Å².